The molecule has 0 spiro atoms. The maximum Gasteiger partial charge on any atom is 0.252 e. The molecule has 0 aliphatic rings. The molecule has 0 radical (unpaired) electrons. The van der Waals surface area contributed by atoms with Crippen molar-refractivity contribution < 1.29 is 13.6 Å². The van der Waals surface area contributed by atoms with Gasteiger partial charge in [0.15, 0.2) is 0 Å². The van der Waals surface area contributed by atoms with Crippen molar-refractivity contribution in [1.29, 1.82) is 5.26 Å². The van der Waals surface area contributed by atoms with E-state index in [1.165, 1.54) is 18.3 Å². The average molecular weight is 418 g/mol. The second-order valence-electron chi connectivity index (χ2n) is 5.79. The minimum absolute atomic E-state index is 0.0233. The molecular weight excluding hydrogens is 407 g/mol. The van der Waals surface area contributed by atoms with Gasteiger partial charge < -0.3 is 5.32 Å². The van der Waals surface area contributed by atoms with Crippen molar-refractivity contribution in [2.24, 2.45) is 0 Å². The van der Waals surface area contributed by atoms with Crippen molar-refractivity contribution in [3.8, 4) is 6.07 Å². The molecule has 0 aliphatic carbocycles. The van der Waals surface area contributed by atoms with Crippen LogP contribution in [0.1, 0.15) is 33.2 Å². The van der Waals surface area contributed by atoms with E-state index in [4.69, 9.17) is 28.5 Å². The van der Waals surface area contributed by atoms with Crippen LogP contribution in [0.4, 0.5) is 8.78 Å². The Morgan fingerprint density at radius 1 is 1.04 bits per heavy atom. The molecule has 0 unspecified atom stereocenters. The fourth-order valence-electron chi connectivity index (χ4n) is 2.56. The molecule has 4 nitrogen and oxygen atoms in total. The van der Waals surface area contributed by atoms with E-state index in [1.54, 1.807) is 30.3 Å². The summed E-state index contributed by atoms with van der Waals surface area (Å²) in [4.78, 5) is 16.6. The Balaban J connectivity index is 1.99. The third-order valence-electron chi connectivity index (χ3n) is 3.94. The quantitative estimate of drug-likeness (QED) is 0.645. The number of rotatable bonds is 4. The van der Waals surface area contributed by atoms with Gasteiger partial charge in [0.05, 0.1) is 16.6 Å². The first-order valence-corrected chi connectivity index (χ1v) is 8.71. The van der Waals surface area contributed by atoms with Crippen LogP contribution in [-0.2, 0) is 0 Å². The molecule has 2 aromatic carbocycles. The Morgan fingerprint density at radius 3 is 2.36 bits per heavy atom. The van der Waals surface area contributed by atoms with Crippen molar-refractivity contribution in [3.63, 3.8) is 0 Å². The first kappa shape index (κ1) is 19.7. The predicted octanol–water partition coefficient (Wildman–Crippen LogP) is 5.06. The van der Waals surface area contributed by atoms with E-state index in [2.05, 4.69) is 10.3 Å². The molecule has 1 heterocycles. The monoisotopic (exact) mass is 417 g/mol. The molecule has 0 aliphatic heterocycles. The zero-order chi connectivity index (χ0) is 20.3. The van der Waals surface area contributed by atoms with Gasteiger partial charge in [-0.3, -0.25) is 9.78 Å². The predicted molar refractivity (Wildman–Crippen MR) is 101 cm³/mol. The van der Waals surface area contributed by atoms with Gasteiger partial charge in [0.2, 0.25) is 0 Å². The molecule has 140 valence electrons. The number of benzene rings is 2. The Labute approximate surface area is 169 Å². The summed E-state index contributed by atoms with van der Waals surface area (Å²) in [6.45, 7) is 0. The van der Waals surface area contributed by atoms with Gasteiger partial charge in [-0.2, -0.15) is 5.26 Å². The van der Waals surface area contributed by atoms with Crippen LogP contribution in [0.15, 0.2) is 54.7 Å². The molecule has 0 fully saturated rings. The van der Waals surface area contributed by atoms with Crippen LogP contribution in [0, 0.1) is 23.0 Å². The maximum atomic E-state index is 14.5. The number of halogens is 4. The number of pyridine rings is 1. The van der Waals surface area contributed by atoms with E-state index < -0.39 is 23.6 Å². The SMILES string of the molecule is N#Cc1ccc(C(=O)N[C@H](c2ccc(Cl)cc2)c2ncc(Cl)cc2F)cc1F. The molecule has 28 heavy (non-hydrogen) atoms. The van der Waals surface area contributed by atoms with Crippen molar-refractivity contribution in [2.75, 3.05) is 0 Å². The summed E-state index contributed by atoms with van der Waals surface area (Å²) in [7, 11) is 0. The Hall–Kier alpha value is -3.01. The molecule has 3 aromatic rings. The van der Waals surface area contributed by atoms with Gasteiger partial charge in [-0.05, 0) is 42.0 Å². The third-order valence-corrected chi connectivity index (χ3v) is 4.40. The molecule has 0 saturated carbocycles. The number of carbonyl (C=O) groups is 1. The number of hydrogen-bond acceptors (Lipinski definition) is 3. The smallest absolute Gasteiger partial charge is 0.252 e. The van der Waals surface area contributed by atoms with Crippen LogP contribution in [0.3, 0.4) is 0 Å². The van der Waals surface area contributed by atoms with E-state index in [0.717, 1.165) is 12.1 Å². The highest BCUT2D eigenvalue weighted by Gasteiger charge is 2.23. The highest BCUT2D eigenvalue weighted by atomic mass is 35.5. The fraction of sp³-hybridized carbons (Fsp3) is 0.0500. The van der Waals surface area contributed by atoms with Gasteiger partial charge >= 0.3 is 0 Å². The van der Waals surface area contributed by atoms with Gasteiger partial charge in [0.25, 0.3) is 5.91 Å². The van der Waals surface area contributed by atoms with Gasteiger partial charge in [-0.15, -0.1) is 0 Å². The summed E-state index contributed by atoms with van der Waals surface area (Å²) in [6.07, 6.45) is 1.26. The number of carbonyl (C=O) groups excluding carboxylic acids is 1. The Morgan fingerprint density at radius 2 is 1.75 bits per heavy atom. The number of aromatic nitrogens is 1. The molecule has 3 rings (SSSR count). The van der Waals surface area contributed by atoms with Gasteiger partial charge in [-0.1, -0.05) is 35.3 Å². The molecule has 0 bridgehead atoms. The van der Waals surface area contributed by atoms with Crippen molar-refractivity contribution in [2.45, 2.75) is 6.04 Å². The summed E-state index contributed by atoms with van der Waals surface area (Å²) in [6, 6.07) is 11.6. The molecule has 0 saturated heterocycles. The average Bonchev–Trinajstić information content (AvgIpc) is 2.67. The molecule has 1 aromatic heterocycles. The summed E-state index contributed by atoms with van der Waals surface area (Å²) in [5.74, 6) is -2.20. The number of nitrogens with zero attached hydrogens (tertiary/aromatic N) is 2. The standard InChI is InChI=1S/C20H11Cl2F2N3O/c21-14-5-3-11(4-6-14)18(19-17(24)8-15(22)10-26-19)27-20(28)12-1-2-13(9-25)16(23)7-12/h1-8,10,18H,(H,27,28)/t18-/m1/s1. The van der Waals surface area contributed by atoms with Crippen LogP contribution in [-0.4, -0.2) is 10.9 Å². The molecular formula is C20H11Cl2F2N3O. The topological polar surface area (TPSA) is 65.8 Å². The van der Waals surface area contributed by atoms with Crippen molar-refractivity contribution in [1.82, 2.24) is 10.3 Å². The highest BCUT2D eigenvalue weighted by molar-refractivity contribution is 6.30. The minimum atomic E-state index is -0.972. The highest BCUT2D eigenvalue weighted by Crippen LogP contribution is 2.26. The van der Waals surface area contributed by atoms with E-state index in [1.807, 2.05) is 0 Å². The Bertz CT molecular complexity index is 1080. The molecule has 1 N–H and O–H groups in total. The van der Waals surface area contributed by atoms with E-state index >= 15 is 0 Å². The lowest BCUT2D eigenvalue weighted by Crippen LogP contribution is -2.30. The first-order valence-electron chi connectivity index (χ1n) is 7.96. The number of nitrogens with one attached hydrogen (secondary N) is 1. The lowest BCUT2D eigenvalue weighted by atomic mass is 10.0. The van der Waals surface area contributed by atoms with Crippen LogP contribution in [0.2, 0.25) is 10.0 Å². The minimum Gasteiger partial charge on any atom is -0.339 e. The summed E-state index contributed by atoms with van der Waals surface area (Å²) in [5.41, 5.74) is 0.246. The van der Waals surface area contributed by atoms with Crippen LogP contribution in [0.25, 0.3) is 0 Å². The lowest BCUT2D eigenvalue weighted by Gasteiger charge is -2.20. The fourth-order valence-corrected chi connectivity index (χ4v) is 2.83. The second kappa shape index (κ2) is 8.34. The largest absolute Gasteiger partial charge is 0.339 e. The van der Waals surface area contributed by atoms with E-state index in [9.17, 15) is 13.6 Å². The van der Waals surface area contributed by atoms with Gasteiger partial charge in [-0.25, -0.2) is 8.78 Å². The van der Waals surface area contributed by atoms with E-state index in [0.29, 0.717) is 10.6 Å². The maximum absolute atomic E-state index is 14.5. The first-order chi connectivity index (χ1) is 13.4. The van der Waals surface area contributed by atoms with Gasteiger partial charge in [0, 0.05) is 16.8 Å². The van der Waals surface area contributed by atoms with Crippen molar-refractivity contribution in [3.05, 3.63) is 98.8 Å². The number of amides is 1. The number of nitriles is 1. The summed E-state index contributed by atoms with van der Waals surface area (Å²) < 4.78 is 28.3. The van der Waals surface area contributed by atoms with Gasteiger partial charge in [0.1, 0.15) is 23.4 Å². The van der Waals surface area contributed by atoms with Crippen LogP contribution >= 0.6 is 23.2 Å². The van der Waals surface area contributed by atoms with Crippen LogP contribution in [0.5, 0.6) is 0 Å². The summed E-state index contributed by atoms with van der Waals surface area (Å²) in [5, 5.41) is 12.0. The Kier molecular flexibility index (Phi) is 5.88. The normalized spacial score (nSPS) is 11.5. The zero-order valence-corrected chi connectivity index (χ0v) is 15.6. The van der Waals surface area contributed by atoms with Crippen molar-refractivity contribution >= 4 is 29.1 Å². The van der Waals surface area contributed by atoms with E-state index in [-0.39, 0.29) is 21.8 Å². The number of hydrogen-bond donors (Lipinski definition) is 1. The third kappa shape index (κ3) is 4.28. The zero-order valence-electron chi connectivity index (χ0n) is 14.1. The lowest BCUT2D eigenvalue weighted by molar-refractivity contribution is 0.0941. The summed E-state index contributed by atoms with van der Waals surface area (Å²) >= 11 is 11.7. The molecule has 8 heteroatoms. The molecule has 1 amide bonds. The molecule has 1 atom stereocenters. The second-order valence-corrected chi connectivity index (χ2v) is 6.66. The van der Waals surface area contributed by atoms with Crippen LogP contribution < -0.4 is 5.32 Å².